The fraction of sp³-hybridized carbons (Fsp3) is 0.250. The van der Waals surface area contributed by atoms with Gasteiger partial charge in [-0.3, -0.25) is 0 Å². The molecule has 19 heavy (non-hydrogen) atoms. The molecule has 0 aromatic heterocycles. The lowest BCUT2D eigenvalue weighted by Crippen LogP contribution is -2.08. The number of aryl methyl sites for hydroxylation is 2. The summed E-state index contributed by atoms with van der Waals surface area (Å²) in [6.07, 6.45) is 0. The van der Waals surface area contributed by atoms with E-state index in [0.717, 1.165) is 22.4 Å². The van der Waals surface area contributed by atoms with Crippen molar-refractivity contribution in [2.75, 3.05) is 5.32 Å². The molecule has 1 atom stereocenters. The van der Waals surface area contributed by atoms with Crippen molar-refractivity contribution in [1.29, 1.82) is 0 Å². The molecule has 0 amide bonds. The van der Waals surface area contributed by atoms with Gasteiger partial charge < -0.3 is 15.5 Å². The van der Waals surface area contributed by atoms with E-state index in [0.29, 0.717) is 5.75 Å². The van der Waals surface area contributed by atoms with E-state index in [1.807, 2.05) is 39.0 Å². The van der Waals surface area contributed by atoms with Crippen LogP contribution in [0.5, 0.6) is 11.5 Å². The first kappa shape index (κ1) is 13.3. The van der Waals surface area contributed by atoms with Gasteiger partial charge in [-0.25, -0.2) is 0 Å². The van der Waals surface area contributed by atoms with Crippen LogP contribution in [0.4, 0.5) is 5.69 Å². The Balaban J connectivity index is 2.25. The van der Waals surface area contributed by atoms with Crippen LogP contribution >= 0.6 is 0 Å². The van der Waals surface area contributed by atoms with E-state index in [-0.39, 0.29) is 11.8 Å². The van der Waals surface area contributed by atoms with Gasteiger partial charge in [-0.2, -0.15) is 0 Å². The normalized spacial score (nSPS) is 12.2. The summed E-state index contributed by atoms with van der Waals surface area (Å²) in [7, 11) is 0. The van der Waals surface area contributed by atoms with E-state index in [2.05, 4.69) is 5.32 Å². The maximum Gasteiger partial charge on any atom is 0.120 e. The molecule has 0 saturated heterocycles. The van der Waals surface area contributed by atoms with Crippen molar-refractivity contribution in [3.8, 4) is 11.5 Å². The van der Waals surface area contributed by atoms with Gasteiger partial charge >= 0.3 is 0 Å². The quantitative estimate of drug-likeness (QED) is 0.731. The standard InChI is InChI=1S/C16H19NO2/c1-10-4-7-16(19)14(8-10)12(3)17-15-6-5-13(18)9-11(15)2/h4-9,12,17-19H,1-3H3. The van der Waals surface area contributed by atoms with Gasteiger partial charge in [-0.15, -0.1) is 0 Å². The number of benzene rings is 2. The van der Waals surface area contributed by atoms with E-state index in [4.69, 9.17) is 0 Å². The van der Waals surface area contributed by atoms with E-state index in [1.165, 1.54) is 0 Å². The number of aromatic hydroxyl groups is 2. The van der Waals surface area contributed by atoms with Crippen LogP contribution in [0.25, 0.3) is 0 Å². The molecule has 1 unspecified atom stereocenters. The molecule has 0 aliphatic rings. The molecule has 0 aliphatic heterocycles. The number of rotatable bonds is 3. The summed E-state index contributed by atoms with van der Waals surface area (Å²) in [5, 5.41) is 22.7. The van der Waals surface area contributed by atoms with Crippen LogP contribution in [0.1, 0.15) is 29.7 Å². The Labute approximate surface area is 113 Å². The molecule has 0 spiro atoms. The Hall–Kier alpha value is -2.16. The molecule has 0 heterocycles. The lowest BCUT2D eigenvalue weighted by Gasteiger charge is -2.19. The molecular weight excluding hydrogens is 238 g/mol. The van der Waals surface area contributed by atoms with Crippen LogP contribution in [-0.4, -0.2) is 10.2 Å². The van der Waals surface area contributed by atoms with Gasteiger partial charge in [0.25, 0.3) is 0 Å². The highest BCUT2D eigenvalue weighted by Crippen LogP contribution is 2.29. The summed E-state index contributed by atoms with van der Waals surface area (Å²) < 4.78 is 0. The zero-order chi connectivity index (χ0) is 14.0. The first-order valence-corrected chi connectivity index (χ1v) is 6.33. The fourth-order valence-electron chi connectivity index (χ4n) is 2.14. The predicted molar refractivity (Wildman–Crippen MR) is 77.7 cm³/mol. The summed E-state index contributed by atoms with van der Waals surface area (Å²) in [6, 6.07) is 10.8. The van der Waals surface area contributed by atoms with E-state index >= 15 is 0 Å². The molecule has 0 fully saturated rings. The number of hydrogen-bond acceptors (Lipinski definition) is 3. The molecule has 0 bridgehead atoms. The van der Waals surface area contributed by atoms with Crippen molar-refractivity contribution in [3.05, 3.63) is 53.1 Å². The molecule has 3 N–H and O–H groups in total. The number of phenolic OH excluding ortho intramolecular Hbond substituents is 2. The second-order valence-electron chi connectivity index (χ2n) is 4.93. The first-order chi connectivity index (χ1) is 8.97. The highest BCUT2D eigenvalue weighted by Gasteiger charge is 2.11. The Kier molecular flexibility index (Phi) is 3.65. The average Bonchev–Trinajstić information content (AvgIpc) is 2.35. The van der Waals surface area contributed by atoms with Gasteiger partial charge in [0.2, 0.25) is 0 Å². The molecule has 0 saturated carbocycles. The molecule has 100 valence electrons. The van der Waals surface area contributed by atoms with Gasteiger partial charge in [-0.1, -0.05) is 17.7 Å². The van der Waals surface area contributed by atoms with Crippen LogP contribution in [0.2, 0.25) is 0 Å². The predicted octanol–water partition coefficient (Wildman–Crippen LogP) is 3.89. The third-order valence-corrected chi connectivity index (χ3v) is 3.23. The fourth-order valence-corrected chi connectivity index (χ4v) is 2.14. The van der Waals surface area contributed by atoms with Crippen molar-refractivity contribution < 1.29 is 10.2 Å². The Morgan fingerprint density at radius 3 is 2.42 bits per heavy atom. The highest BCUT2D eigenvalue weighted by atomic mass is 16.3. The second-order valence-corrected chi connectivity index (χ2v) is 4.93. The third-order valence-electron chi connectivity index (χ3n) is 3.23. The zero-order valence-corrected chi connectivity index (χ0v) is 11.4. The van der Waals surface area contributed by atoms with Crippen LogP contribution < -0.4 is 5.32 Å². The molecule has 3 nitrogen and oxygen atoms in total. The number of nitrogens with one attached hydrogen (secondary N) is 1. The van der Waals surface area contributed by atoms with E-state index in [1.54, 1.807) is 18.2 Å². The van der Waals surface area contributed by atoms with Crippen LogP contribution in [0, 0.1) is 13.8 Å². The molecule has 0 aliphatic carbocycles. The van der Waals surface area contributed by atoms with Crippen LogP contribution in [0.15, 0.2) is 36.4 Å². The number of anilines is 1. The lowest BCUT2D eigenvalue weighted by atomic mass is 10.0. The van der Waals surface area contributed by atoms with Gasteiger partial charge in [0.15, 0.2) is 0 Å². The third kappa shape index (κ3) is 2.99. The van der Waals surface area contributed by atoms with Gasteiger partial charge in [-0.05, 0) is 50.6 Å². The first-order valence-electron chi connectivity index (χ1n) is 6.33. The van der Waals surface area contributed by atoms with Crippen molar-refractivity contribution in [3.63, 3.8) is 0 Å². The SMILES string of the molecule is Cc1ccc(O)c(C(C)Nc2ccc(O)cc2C)c1. The second kappa shape index (κ2) is 5.22. The Morgan fingerprint density at radius 2 is 1.74 bits per heavy atom. The molecular formula is C16H19NO2. The van der Waals surface area contributed by atoms with Crippen molar-refractivity contribution >= 4 is 5.69 Å². The number of phenols is 2. The highest BCUT2D eigenvalue weighted by molar-refractivity contribution is 5.55. The lowest BCUT2D eigenvalue weighted by molar-refractivity contribution is 0.465. The van der Waals surface area contributed by atoms with Crippen molar-refractivity contribution in [1.82, 2.24) is 0 Å². The topological polar surface area (TPSA) is 52.5 Å². The minimum absolute atomic E-state index is 0.0110. The van der Waals surface area contributed by atoms with E-state index < -0.39 is 0 Å². The van der Waals surface area contributed by atoms with Crippen LogP contribution in [-0.2, 0) is 0 Å². The molecule has 3 heteroatoms. The minimum Gasteiger partial charge on any atom is -0.508 e. The molecule has 2 rings (SSSR count). The monoisotopic (exact) mass is 257 g/mol. The maximum atomic E-state index is 9.92. The van der Waals surface area contributed by atoms with Gasteiger partial charge in [0.1, 0.15) is 11.5 Å². The molecule has 0 radical (unpaired) electrons. The Morgan fingerprint density at radius 1 is 1.00 bits per heavy atom. The largest absolute Gasteiger partial charge is 0.508 e. The van der Waals surface area contributed by atoms with Crippen molar-refractivity contribution in [2.24, 2.45) is 0 Å². The Bertz CT molecular complexity index is 593. The molecule has 2 aromatic carbocycles. The summed E-state index contributed by atoms with van der Waals surface area (Å²) in [6.45, 7) is 5.94. The average molecular weight is 257 g/mol. The van der Waals surface area contributed by atoms with Gasteiger partial charge in [0, 0.05) is 11.3 Å². The summed E-state index contributed by atoms with van der Waals surface area (Å²) in [5.41, 5.74) is 3.90. The summed E-state index contributed by atoms with van der Waals surface area (Å²) >= 11 is 0. The molecule has 2 aromatic rings. The number of hydrogen-bond donors (Lipinski definition) is 3. The van der Waals surface area contributed by atoms with Gasteiger partial charge in [0.05, 0.1) is 6.04 Å². The zero-order valence-electron chi connectivity index (χ0n) is 11.4. The summed E-state index contributed by atoms with van der Waals surface area (Å²) in [5.74, 6) is 0.552. The smallest absolute Gasteiger partial charge is 0.120 e. The van der Waals surface area contributed by atoms with Crippen molar-refractivity contribution in [2.45, 2.75) is 26.8 Å². The summed E-state index contributed by atoms with van der Waals surface area (Å²) in [4.78, 5) is 0. The van der Waals surface area contributed by atoms with Crippen LogP contribution in [0.3, 0.4) is 0 Å². The van der Waals surface area contributed by atoms with E-state index in [9.17, 15) is 10.2 Å². The minimum atomic E-state index is -0.0110. The maximum absolute atomic E-state index is 9.92.